The largest absolute Gasteiger partial charge is 0.466 e. The number of hydrogen-bond donors (Lipinski definition) is 3. The maximum atomic E-state index is 12.4. The molecule has 3 N–H and O–H groups in total. The molecule has 0 aliphatic heterocycles. The van der Waals surface area contributed by atoms with Crippen LogP contribution in [-0.2, 0) is 14.3 Å². The third-order valence-electron chi connectivity index (χ3n) is 13.2. The number of carbonyl (C=O) groups is 2. The number of hydrogen-bond acceptors (Lipinski definition) is 5. The molecule has 2 atom stereocenters. The Bertz CT molecular complexity index is 997. The minimum Gasteiger partial charge on any atom is -0.466 e. The number of esters is 1. The summed E-state index contributed by atoms with van der Waals surface area (Å²) in [7, 11) is 0. The molecule has 0 radical (unpaired) electrons. The summed E-state index contributed by atoms with van der Waals surface area (Å²) in [5.41, 5.74) is 0. The molecule has 0 bridgehead atoms. The molecule has 1 amide bonds. The number of amides is 1. The monoisotopic (exact) mass is 902 g/mol. The van der Waals surface area contributed by atoms with E-state index in [1.54, 1.807) is 6.08 Å². The highest BCUT2D eigenvalue weighted by molar-refractivity contribution is 5.76. The van der Waals surface area contributed by atoms with Crippen LogP contribution in [0.5, 0.6) is 0 Å². The maximum Gasteiger partial charge on any atom is 0.305 e. The highest BCUT2D eigenvalue weighted by Crippen LogP contribution is 2.17. The number of carbonyl (C=O) groups excluding carboxylic acids is 2. The highest BCUT2D eigenvalue weighted by Gasteiger charge is 2.18. The number of nitrogens with one attached hydrogen (secondary N) is 1. The molecular formula is C58H111NO5. The smallest absolute Gasteiger partial charge is 0.305 e. The fraction of sp³-hybridized carbons (Fsp3) is 0.897. The molecule has 0 aliphatic rings. The summed E-state index contributed by atoms with van der Waals surface area (Å²) in [5.74, 6) is -0.0677. The van der Waals surface area contributed by atoms with Gasteiger partial charge in [0.1, 0.15) is 0 Å². The van der Waals surface area contributed by atoms with Crippen LogP contribution in [0, 0.1) is 0 Å². The van der Waals surface area contributed by atoms with Gasteiger partial charge in [0.25, 0.3) is 0 Å². The second-order valence-electron chi connectivity index (χ2n) is 19.6. The van der Waals surface area contributed by atoms with E-state index >= 15 is 0 Å². The molecule has 0 aliphatic carbocycles. The lowest BCUT2D eigenvalue weighted by molar-refractivity contribution is -0.143. The Labute approximate surface area is 399 Å². The van der Waals surface area contributed by atoms with Gasteiger partial charge in [-0.1, -0.05) is 269 Å². The van der Waals surface area contributed by atoms with Crippen LogP contribution in [0.4, 0.5) is 0 Å². The average molecular weight is 903 g/mol. The summed E-state index contributed by atoms with van der Waals surface area (Å²) >= 11 is 0. The Balaban J connectivity index is 3.42. The molecule has 6 nitrogen and oxygen atoms in total. The first kappa shape index (κ1) is 62.3. The Morgan fingerprint density at radius 2 is 0.750 bits per heavy atom. The molecule has 0 aromatic rings. The zero-order valence-electron chi connectivity index (χ0n) is 43.0. The minimum absolute atomic E-state index is 0.000247. The van der Waals surface area contributed by atoms with Gasteiger partial charge in [-0.3, -0.25) is 9.59 Å². The van der Waals surface area contributed by atoms with Crippen LogP contribution in [0.2, 0.25) is 0 Å². The third-order valence-corrected chi connectivity index (χ3v) is 13.2. The van der Waals surface area contributed by atoms with Crippen molar-refractivity contribution in [2.24, 2.45) is 0 Å². The van der Waals surface area contributed by atoms with Crippen LogP contribution in [0.1, 0.15) is 309 Å². The zero-order valence-corrected chi connectivity index (χ0v) is 43.0. The topological polar surface area (TPSA) is 95.9 Å². The van der Waals surface area contributed by atoms with Gasteiger partial charge in [0.15, 0.2) is 0 Å². The molecule has 0 fully saturated rings. The molecule has 0 saturated heterocycles. The standard InChI is InChI=1S/C58H111NO5/c1-3-5-7-9-11-13-15-16-24-27-31-34-38-42-46-50-56(61)55(54-60)59-57(62)51-47-43-39-35-32-28-25-22-20-18-17-19-21-23-26-29-33-37-41-45-49-53-64-58(63)52-48-44-40-36-30-14-12-10-8-6-4-2/h10,12,46,50,55-56,60-61H,3-9,11,13-45,47-49,51-54H2,1-2H3,(H,59,62)/b12-10-,50-46+. The normalized spacial score (nSPS) is 12.8. The van der Waals surface area contributed by atoms with Gasteiger partial charge in [-0.05, 0) is 51.4 Å². The summed E-state index contributed by atoms with van der Waals surface area (Å²) in [4.78, 5) is 24.4. The number of allylic oxidation sites excluding steroid dienone is 3. The fourth-order valence-corrected chi connectivity index (χ4v) is 8.79. The summed E-state index contributed by atoms with van der Waals surface area (Å²) in [6.45, 7) is 4.87. The lowest BCUT2D eigenvalue weighted by Gasteiger charge is -2.20. The maximum absolute atomic E-state index is 12.4. The summed E-state index contributed by atoms with van der Waals surface area (Å²) in [6.07, 6.45) is 64.8. The molecule has 0 spiro atoms. The predicted octanol–water partition coefficient (Wildman–Crippen LogP) is 17.5. The molecule has 64 heavy (non-hydrogen) atoms. The minimum atomic E-state index is -0.844. The van der Waals surface area contributed by atoms with E-state index in [1.165, 1.54) is 238 Å². The molecule has 0 rings (SSSR count). The first-order valence-corrected chi connectivity index (χ1v) is 28.6. The quantitative estimate of drug-likeness (QED) is 0.0321. The molecule has 2 unspecified atom stereocenters. The van der Waals surface area contributed by atoms with Crippen molar-refractivity contribution in [3.63, 3.8) is 0 Å². The molecule has 378 valence electrons. The van der Waals surface area contributed by atoms with Crippen molar-refractivity contribution in [3.8, 4) is 0 Å². The van der Waals surface area contributed by atoms with E-state index < -0.39 is 12.1 Å². The van der Waals surface area contributed by atoms with Gasteiger partial charge >= 0.3 is 5.97 Å². The van der Waals surface area contributed by atoms with Crippen LogP contribution in [0.15, 0.2) is 24.3 Å². The van der Waals surface area contributed by atoms with E-state index in [-0.39, 0.29) is 18.5 Å². The van der Waals surface area contributed by atoms with E-state index in [9.17, 15) is 19.8 Å². The van der Waals surface area contributed by atoms with Crippen molar-refractivity contribution in [2.75, 3.05) is 13.2 Å². The van der Waals surface area contributed by atoms with Gasteiger partial charge in [0.05, 0.1) is 25.4 Å². The van der Waals surface area contributed by atoms with E-state index in [0.717, 1.165) is 44.9 Å². The Hall–Kier alpha value is -1.66. The summed E-state index contributed by atoms with van der Waals surface area (Å²) in [5, 5.41) is 23.1. The molecule has 0 saturated carbocycles. The van der Waals surface area contributed by atoms with Gasteiger partial charge in [0.2, 0.25) is 5.91 Å². The SMILES string of the molecule is CCCC/C=C\CCCCCCCC(=O)OCCCCCCCCCCCCCCCCCCCCCCCC(=O)NC(CO)C(O)/C=C/CCCCCCCCCCCCCCC. The van der Waals surface area contributed by atoms with Crippen LogP contribution < -0.4 is 5.32 Å². The van der Waals surface area contributed by atoms with Crippen LogP contribution in [0.3, 0.4) is 0 Å². The van der Waals surface area contributed by atoms with Crippen molar-refractivity contribution in [2.45, 2.75) is 321 Å². The Morgan fingerprint density at radius 1 is 0.422 bits per heavy atom. The van der Waals surface area contributed by atoms with Gasteiger partial charge in [-0.15, -0.1) is 0 Å². The fourth-order valence-electron chi connectivity index (χ4n) is 8.79. The predicted molar refractivity (Wildman–Crippen MR) is 278 cm³/mol. The van der Waals surface area contributed by atoms with Gasteiger partial charge in [-0.2, -0.15) is 0 Å². The second-order valence-corrected chi connectivity index (χ2v) is 19.6. The molecule has 6 heteroatoms. The number of aliphatic hydroxyl groups excluding tert-OH is 2. The van der Waals surface area contributed by atoms with Crippen molar-refractivity contribution < 1.29 is 24.5 Å². The van der Waals surface area contributed by atoms with Crippen LogP contribution >= 0.6 is 0 Å². The number of rotatable bonds is 53. The van der Waals surface area contributed by atoms with Crippen LogP contribution in [0.25, 0.3) is 0 Å². The molecule has 0 aromatic carbocycles. The van der Waals surface area contributed by atoms with E-state index in [1.807, 2.05) is 6.08 Å². The van der Waals surface area contributed by atoms with Crippen molar-refractivity contribution in [3.05, 3.63) is 24.3 Å². The average Bonchev–Trinajstić information content (AvgIpc) is 3.29. The van der Waals surface area contributed by atoms with Gasteiger partial charge in [0, 0.05) is 12.8 Å². The summed E-state index contributed by atoms with van der Waals surface area (Å²) < 4.78 is 5.45. The van der Waals surface area contributed by atoms with Gasteiger partial charge < -0.3 is 20.3 Å². The van der Waals surface area contributed by atoms with Crippen molar-refractivity contribution in [1.82, 2.24) is 5.32 Å². The Morgan fingerprint density at radius 3 is 1.16 bits per heavy atom. The van der Waals surface area contributed by atoms with E-state index in [0.29, 0.717) is 19.4 Å². The number of unbranched alkanes of at least 4 members (excludes halogenated alkanes) is 40. The highest BCUT2D eigenvalue weighted by atomic mass is 16.5. The molecule has 0 aromatic heterocycles. The molecule has 0 heterocycles. The van der Waals surface area contributed by atoms with Crippen molar-refractivity contribution in [1.29, 1.82) is 0 Å². The number of ether oxygens (including phenoxy) is 1. The van der Waals surface area contributed by atoms with Crippen LogP contribution in [-0.4, -0.2) is 47.4 Å². The second kappa shape index (κ2) is 54.0. The van der Waals surface area contributed by atoms with Crippen molar-refractivity contribution >= 4 is 11.9 Å². The zero-order chi connectivity index (χ0) is 46.5. The third kappa shape index (κ3) is 49.8. The lowest BCUT2D eigenvalue weighted by atomic mass is 10.0. The molecular weight excluding hydrogens is 791 g/mol. The van der Waals surface area contributed by atoms with E-state index in [2.05, 4.69) is 31.3 Å². The van der Waals surface area contributed by atoms with Gasteiger partial charge in [-0.25, -0.2) is 0 Å². The first-order valence-electron chi connectivity index (χ1n) is 28.6. The van der Waals surface area contributed by atoms with E-state index in [4.69, 9.17) is 4.74 Å². The first-order chi connectivity index (χ1) is 31.5. The number of aliphatic hydroxyl groups is 2. The summed E-state index contributed by atoms with van der Waals surface area (Å²) in [6, 6.07) is -0.628. The Kier molecular flexibility index (Phi) is 52.6. The lowest BCUT2D eigenvalue weighted by Crippen LogP contribution is -2.45.